The number of nitrogens with two attached hydrogens (primary N) is 1. The lowest BCUT2D eigenvalue weighted by Gasteiger charge is -2.53. The van der Waals surface area contributed by atoms with Gasteiger partial charge in [-0.25, -0.2) is 10.0 Å². The van der Waals surface area contributed by atoms with E-state index < -0.39 is 5.91 Å². The molecule has 1 fully saturated rings. The van der Waals surface area contributed by atoms with Gasteiger partial charge in [-0.2, -0.15) is 0 Å². The molecule has 3 rings (SSSR count). The number of hydrogen-bond donors (Lipinski definition) is 1. The molecule has 6 heteroatoms. The molecule has 1 amide bonds. The number of carbonyl (C=O) groups is 2. The summed E-state index contributed by atoms with van der Waals surface area (Å²) in [7, 11) is 1.77. The van der Waals surface area contributed by atoms with E-state index in [0.29, 0.717) is 24.3 Å². The van der Waals surface area contributed by atoms with Gasteiger partial charge in [-0.1, -0.05) is 26.8 Å². The second-order valence-electron chi connectivity index (χ2n) is 8.57. The van der Waals surface area contributed by atoms with Crippen molar-refractivity contribution >= 4 is 11.7 Å². The van der Waals surface area contributed by atoms with Crippen LogP contribution in [0.15, 0.2) is 18.2 Å². The fourth-order valence-electron chi connectivity index (χ4n) is 4.96. The molecule has 0 spiro atoms. The number of rotatable bonds is 6. The van der Waals surface area contributed by atoms with E-state index in [0.717, 1.165) is 37.9 Å². The Balaban J connectivity index is 2.04. The number of carbonyl (C=O) groups excluding carboxylic acids is 2. The van der Waals surface area contributed by atoms with Crippen molar-refractivity contribution in [2.45, 2.75) is 64.0 Å². The van der Waals surface area contributed by atoms with Crippen molar-refractivity contribution in [3.8, 4) is 0 Å². The fourth-order valence-corrected chi connectivity index (χ4v) is 4.96. The third-order valence-electron chi connectivity index (χ3n) is 6.27. The van der Waals surface area contributed by atoms with Crippen LogP contribution in [-0.4, -0.2) is 60.6 Å². The number of Topliss-reactive ketones (excluding diaryl/α,β-unsaturated/α-hetero) is 1. The van der Waals surface area contributed by atoms with E-state index in [9.17, 15) is 9.59 Å². The van der Waals surface area contributed by atoms with Gasteiger partial charge in [-0.3, -0.25) is 9.59 Å². The molecule has 1 aromatic rings. The standard InChI is InChI=1S/C22H33N3O3/c1-5-10-25(24-11-6-7-17(26)14-24)20-19(28-4)13-15-8-9-16(21(23)27)12-18(15)22(20,2)3/h8-9,12,19-20H,5-7,10-11,13-14H2,1-4H3,(H2,23,27). The summed E-state index contributed by atoms with van der Waals surface area (Å²) < 4.78 is 5.97. The summed E-state index contributed by atoms with van der Waals surface area (Å²) in [5.74, 6) is -0.109. The number of amides is 1. The number of hydrazine groups is 1. The minimum absolute atomic E-state index is 0.00510. The van der Waals surface area contributed by atoms with Crippen LogP contribution in [0.25, 0.3) is 0 Å². The summed E-state index contributed by atoms with van der Waals surface area (Å²) in [6.07, 6.45) is 3.34. The minimum atomic E-state index is -0.406. The molecule has 2 aliphatic rings. The lowest BCUT2D eigenvalue weighted by molar-refractivity contribution is -0.151. The molecule has 0 aromatic heterocycles. The van der Waals surface area contributed by atoms with E-state index in [1.54, 1.807) is 13.2 Å². The van der Waals surface area contributed by atoms with E-state index in [1.807, 2.05) is 12.1 Å². The Morgan fingerprint density at radius 2 is 2.14 bits per heavy atom. The smallest absolute Gasteiger partial charge is 0.248 e. The summed E-state index contributed by atoms with van der Waals surface area (Å²) in [5.41, 5.74) is 8.16. The summed E-state index contributed by atoms with van der Waals surface area (Å²) >= 11 is 0. The Morgan fingerprint density at radius 1 is 1.39 bits per heavy atom. The number of ether oxygens (including phenoxy) is 1. The number of piperidine rings is 1. The Hall–Kier alpha value is -1.76. The molecule has 28 heavy (non-hydrogen) atoms. The minimum Gasteiger partial charge on any atom is -0.379 e. The van der Waals surface area contributed by atoms with E-state index in [1.165, 1.54) is 5.56 Å². The third kappa shape index (κ3) is 3.86. The average Bonchev–Trinajstić information content (AvgIpc) is 2.66. The number of ketones is 1. The highest BCUT2D eigenvalue weighted by atomic mass is 16.5. The monoisotopic (exact) mass is 387 g/mol. The topological polar surface area (TPSA) is 75.9 Å². The van der Waals surface area contributed by atoms with Crippen LogP contribution < -0.4 is 5.73 Å². The highest BCUT2D eigenvalue weighted by molar-refractivity contribution is 5.93. The predicted molar refractivity (Wildman–Crippen MR) is 109 cm³/mol. The highest BCUT2D eigenvalue weighted by Crippen LogP contribution is 2.42. The zero-order valence-electron chi connectivity index (χ0n) is 17.5. The van der Waals surface area contributed by atoms with Crippen LogP contribution in [0.1, 0.15) is 61.5 Å². The maximum atomic E-state index is 12.1. The molecule has 2 N–H and O–H groups in total. The molecule has 0 saturated carbocycles. The van der Waals surface area contributed by atoms with Crippen molar-refractivity contribution < 1.29 is 14.3 Å². The molecule has 6 nitrogen and oxygen atoms in total. The molecule has 1 heterocycles. The first-order chi connectivity index (χ1) is 13.3. The van der Waals surface area contributed by atoms with Gasteiger partial charge in [-0.05, 0) is 36.1 Å². The van der Waals surface area contributed by atoms with Crippen molar-refractivity contribution in [3.05, 3.63) is 34.9 Å². The predicted octanol–water partition coefficient (Wildman–Crippen LogP) is 2.29. The van der Waals surface area contributed by atoms with Crippen LogP contribution in [0.4, 0.5) is 0 Å². The van der Waals surface area contributed by atoms with Crippen LogP contribution in [0.2, 0.25) is 0 Å². The summed E-state index contributed by atoms with van der Waals surface area (Å²) in [5, 5.41) is 4.59. The number of nitrogens with zero attached hydrogens (tertiary/aromatic N) is 2. The second kappa shape index (κ2) is 8.31. The molecule has 1 aliphatic heterocycles. The zero-order chi connectivity index (χ0) is 20.5. The average molecular weight is 388 g/mol. The molecule has 0 radical (unpaired) electrons. The fraction of sp³-hybridized carbons (Fsp3) is 0.636. The number of hydrogen-bond acceptors (Lipinski definition) is 5. The molecule has 1 saturated heterocycles. The SMILES string of the molecule is CCCN(C1C(OC)Cc2ccc(C(N)=O)cc2C1(C)C)N1CCCC(=O)C1. The van der Waals surface area contributed by atoms with Gasteiger partial charge in [0.1, 0.15) is 5.78 Å². The van der Waals surface area contributed by atoms with Crippen LogP contribution in [0.3, 0.4) is 0 Å². The van der Waals surface area contributed by atoms with Crippen LogP contribution in [0, 0.1) is 0 Å². The highest BCUT2D eigenvalue weighted by Gasteiger charge is 2.47. The Morgan fingerprint density at radius 3 is 2.75 bits per heavy atom. The molecule has 2 atom stereocenters. The quantitative estimate of drug-likeness (QED) is 0.811. The Labute approximate surface area is 168 Å². The maximum absolute atomic E-state index is 12.1. The normalized spacial score (nSPS) is 25.0. The van der Waals surface area contributed by atoms with Crippen LogP contribution in [-0.2, 0) is 21.4 Å². The first-order valence-electron chi connectivity index (χ1n) is 10.3. The van der Waals surface area contributed by atoms with Gasteiger partial charge in [0.2, 0.25) is 5.91 Å². The van der Waals surface area contributed by atoms with E-state index in [-0.39, 0.29) is 17.6 Å². The van der Waals surface area contributed by atoms with Crippen molar-refractivity contribution in [2.75, 3.05) is 26.7 Å². The lowest BCUT2D eigenvalue weighted by atomic mass is 9.67. The van der Waals surface area contributed by atoms with Gasteiger partial charge in [0, 0.05) is 44.0 Å². The Bertz CT molecular complexity index is 747. The van der Waals surface area contributed by atoms with Crippen molar-refractivity contribution in [3.63, 3.8) is 0 Å². The van der Waals surface area contributed by atoms with E-state index in [2.05, 4.69) is 30.8 Å². The second-order valence-corrected chi connectivity index (χ2v) is 8.57. The molecule has 1 aromatic carbocycles. The van der Waals surface area contributed by atoms with Gasteiger partial charge < -0.3 is 10.5 Å². The molecule has 2 unspecified atom stereocenters. The van der Waals surface area contributed by atoms with E-state index in [4.69, 9.17) is 10.5 Å². The van der Waals surface area contributed by atoms with Crippen molar-refractivity contribution in [2.24, 2.45) is 5.73 Å². The summed E-state index contributed by atoms with van der Waals surface area (Å²) in [6.45, 7) is 8.81. The number of methoxy groups -OCH3 is 1. The Kier molecular flexibility index (Phi) is 6.22. The first kappa shape index (κ1) is 21.0. The molecular weight excluding hydrogens is 354 g/mol. The maximum Gasteiger partial charge on any atom is 0.248 e. The van der Waals surface area contributed by atoms with Crippen molar-refractivity contribution in [1.82, 2.24) is 10.0 Å². The van der Waals surface area contributed by atoms with Gasteiger partial charge in [-0.15, -0.1) is 0 Å². The van der Waals surface area contributed by atoms with Crippen LogP contribution in [0.5, 0.6) is 0 Å². The first-order valence-corrected chi connectivity index (χ1v) is 10.3. The molecular formula is C22H33N3O3. The van der Waals surface area contributed by atoms with Gasteiger partial charge in [0.05, 0.1) is 18.7 Å². The zero-order valence-corrected chi connectivity index (χ0v) is 17.5. The van der Waals surface area contributed by atoms with Gasteiger partial charge in [0.15, 0.2) is 0 Å². The van der Waals surface area contributed by atoms with Crippen LogP contribution >= 0.6 is 0 Å². The number of fused-ring (bicyclic) bond motifs is 1. The van der Waals surface area contributed by atoms with Gasteiger partial charge in [0.25, 0.3) is 0 Å². The molecule has 154 valence electrons. The number of primary amides is 1. The molecule has 1 aliphatic carbocycles. The molecule has 0 bridgehead atoms. The number of benzene rings is 1. The van der Waals surface area contributed by atoms with E-state index >= 15 is 0 Å². The summed E-state index contributed by atoms with van der Waals surface area (Å²) in [4.78, 5) is 23.9. The van der Waals surface area contributed by atoms with Gasteiger partial charge >= 0.3 is 0 Å². The largest absolute Gasteiger partial charge is 0.379 e. The third-order valence-corrected chi connectivity index (χ3v) is 6.27. The van der Waals surface area contributed by atoms with Crippen molar-refractivity contribution in [1.29, 1.82) is 0 Å². The summed E-state index contributed by atoms with van der Waals surface area (Å²) in [6, 6.07) is 5.83. The lowest BCUT2D eigenvalue weighted by Crippen LogP contribution is -2.64.